The van der Waals surface area contributed by atoms with Crippen LogP contribution in [0, 0.1) is 24.7 Å². The Morgan fingerprint density at radius 1 is 1.23 bits per heavy atom. The van der Waals surface area contributed by atoms with E-state index in [1.807, 2.05) is 6.20 Å². The van der Waals surface area contributed by atoms with Crippen molar-refractivity contribution >= 4 is 11.7 Å². The van der Waals surface area contributed by atoms with Crippen molar-refractivity contribution in [3.8, 4) is 0 Å². The first-order valence-corrected chi connectivity index (χ1v) is 10.5. The largest absolute Gasteiger partial charge is 0.356 e. The Kier molecular flexibility index (Phi) is 4.94. The van der Waals surface area contributed by atoms with Gasteiger partial charge in [0, 0.05) is 37.8 Å². The van der Waals surface area contributed by atoms with E-state index in [1.165, 1.54) is 24.8 Å². The minimum atomic E-state index is 0.423. The van der Waals surface area contributed by atoms with Crippen LogP contribution in [0.15, 0.2) is 18.3 Å². The third-order valence-electron chi connectivity index (χ3n) is 6.76. The van der Waals surface area contributed by atoms with Gasteiger partial charge in [0.15, 0.2) is 0 Å². The molecule has 4 rings (SSSR count). The van der Waals surface area contributed by atoms with E-state index in [2.05, 4.69) is 42.7 Å². The van der Waals surface area contributed by atoms with Gasteiger partial charge in [-0.3, -0.25) is 4.79 Å². The number of piperidine rings is 3. The molecule has 0 spiro atoms. The van der Waals surface area contributed by atoms with Gasteiger partial charge in [-0.15, -0.1) is 0 Å². The number of pyridine rings is 1. The quantitative estimate of drug-likeness (QED) is 0.818. The van der Waals surface area contributed by atoms with Crippen molar-refractivity contribution in [2.24, 2.45) is 17.8 Å². The molecule has 4 heteroatoms. The van der Waals surface area contributed by atoms with Crippen molar-refractivity contribution < 1.29 is 4.79 Å². The molecule has 0 aliphatic carbocycles. The van der Waals surface area contributed by atoms with Crippen molar-refractivity contribution in [1.29, 1.82) is 0 Å². The first kappa shape index (κ1) is 17.8. The fraction of sp³-hybridized carbons (Fsp3) is 0.727. The predicted molar refractivity (Wildman–Crippen MR) is 105 cm³/mol. The van der Waals surface area contributed by atoms with Gasteiger partial charge in [0.1, 0.15) is 5.82 Å². The lowest BCUT2D eigenvalue weighted by atomic mass is 9.71. The monoisotopic (exact) mass is 355 g/mol. The van der Waals surface area contributed by atoms with Crippen LogP contribution in [0.25, 0.3) is 0 Å². The second kappa shape index (κ2) is 7.21. The average Bonchev–Trinajstić information content (AvgIpc) is 2.62. The highest BCUT2D eigenvalue weighted by molar-refractivity contribution is 5.78. The maximum atomic E-state index is 12.8. The fourth-order valence-electron chi connectivity index (χ4n) is 5.49. The summed E-state index contributed by atoms with van der Waals surface area (Å²) in [6, 6.07) is 5.22. The van der Waals surface area contributed by atoms with Crippen LogP contribution < -0.4 is 4.90 Å². The van der Waals surface area contributed by atoms with Crippen molar-refractivity contribution in [2.75, 3.05) is 18.0 Å². The summed E-state index contributed by atoms with van der Waals surface area (Å²) >= 11 is 0. The first-order chi connectivity index (χ1) is 12.5. The lowest BCUT2D eigenvalue weighted by Gasteiger charge is -2.57. The molecule has 0 N–H and O–H groups in total. The third-order valence-corrected chi connectivity index (χ3v) is 6.76. The molecule has 142 valence electrons. The van der Waals surface area contributed by atoms with Crippen LogP contribution in [0.4, 0.5) is 5.82 Å². The SMILES string of the molecule is Cc1ccc(N2C[C@H]3C[C@@H](C2)[C@H](CCC(C)C)N2C(=O)CCC[C@@H]32)nc1. The summed E-state index contributed by atoms with van der Waals surface area (Å²) < 4.78 is 0. The molecule has 1 aromatic rings. The Morgan fingerprint density at radius 3 is 2.77 bits per heavy atom. The van der Waals surface area contributed by atoms with Gasteiger partial charge in [-0.05, 0) is 68.4 Å². The zero-order valence-corrected chi connectivity index (χ0v) is 16.5. The maximum Gasteiger partial charge on any atom is 0.223 e. The highest BCUT2D eigenvalue weighted by Gasteiger charge is 2.49. The smallest absolute Gasteiger partial charge is 0.223 e. The van der Waals surface area contributed by atoms with Crippen molar-refractivity contribution in [3.63, 3.8) is 0 Å². The van der Waals surface area contributed by atoms with E-state index in [4.69, 9.17) is 4.98 Å². The summed E-state index contributed by atoms with van der Waals surface area (Å²) in [5.74, 6) is 3.44. The molecule has 0 radical (unpaired) electrons. The van der Waals surface area contributed by atoms with Crippen LogP contribution in [0.1, 0.15) is 57.9 Å². The number of anilines is 1. The van der Waals surface area contributed by atoms with E-state index >= 15 is 0 Å². The van der Waals surface area contributed by atoms with Gasteiger partial charge >= 0.3 is 0 Å². The first-order valence-electron chi connectivity index (χ1n) is 10.5. The summed E-state index contributed by atoms with van der Waals surface area (Å²) in [5.41, 5.74) is 1.21. The highest BCUT2D eigenvalue weighted by atomic mass is 16.2. The van der Waals surface area contributed by atoms with Gasteiger partial charge in [-0.2, -0.15) is 0 Å². The van der Waals surface area contributed by atoms with E-state index in [0.717, 1.165) is 38.2 Å². The van der Waals surface area contributed by atoms with Crippen LogP contribution in [0.3, 0.4) is 0 Å². The predicted octanol–water partition coefficient (Wildman–Crippen LogP) is 4.03. The van der Waals surface area contributed by atoms with Gasteiger partial charge in [-0.1, -0.05) is 19.9 Å². The molecule has 0 unspecified atom stereocenters. The summed E-state index contributed by atoms with van der Waals surface area (Å²) in [7, 11) is 0. The molecule has 3 saturated heterocycles. The molecule has 3 aliphatic heterocycles. The average molecular weight is 356 g/mol. The number of fused-ring (bicyclic) bond motifs is 4. The summed E-state index contributed by atoms with van der Waals surface area (Å²) in [5, 5.41) is 0. The Hall–Kier alpha value is -1.58. The Bertz CT molecular complexity index is 641. The van der Waals surface area contributed by atoms with Crippen LogP contribution >= 0.6 is 0 Å². The number of nitrogens with zero attached hydrogens (tertiary/aromatic N) is 3. The van der Waals surface area contributed by atoms with E-state index in [9.17, 15) is 4.79 Å². The molecule has 1 amide bonds. The number of aryl methyl sites for hydroxylation is 1. The molecule has 4 heterocycles. The van der Waals surface area contributed by atoms with Crippen molar-refractivity contribution in [3.05, 3.63) is 23.9 Å². The fourth-order valence-corrected chi connectivity index (χ4v) is 5.49. The van der Waals surface area contributed by atoms with Crippen molar-refractivity contribution in [1.82, 2.24) is 9.88 Å². The molecule has 3 fully saturated rings. The third kappa shape index (κ3) is 3.35. The number of rotatable bonds is 4. The van der Waals surface area contributed by atoms with E-state index < -0.39 is 0 Å². The second-order valence-electron chi connectivity index (χ2n) is 9.15. The number of carbonyl (C=O) groups is 1. The molecule has 0 aromatic carbocycles. The van der Waals surface area contributed by atoms with Gasteiger partial charge in [0.25, 0.3) is 0 Å². The van der Waals surface area contributed by atoms with Gasteiger partial charge < -0.3 is 9.80 Å². The van der Waals surface area contributed by atoms with E-state index in [1.54, 1.807) is 0 Å². The number of hydrogen-bond acceptors (Lipinski definition) is 3. The summed E-state index contributed by atoms with van der Waals surface area (Å²) in [6.45, 7) is 8.79. The molecule has 1 aromatic heterocycles. The van der Waals surface area contributed by atoms with Gasteiger partial charge in [0.2, 0.25) is 5.91 Å². The molecule has 2 bridgehead atoms. The zero-order chi connectivity index (χ0) is 18.3. The number of hydrogen-bond donors (Lipinski definition) is 0. The lowest BCUT2D eigenvalue weighted by Crippen LogP contribution is -2.65. The lowest BCUT2D eigenvalue weighted by molar-refractivity contribution is -0.149. The van der Waals surface area contributed by atoms with Crippen LogP contribution in [0.2, 0.25) is 0 Å². The minimum Gasteiger partial charge on any atom is -0.356 e. The highest BCUT2D eigenvalue weighted by Crippen LogP contribution is 2.43. The normalized spacial score (nSPS) is 31.3. The van der Waals surface area contributed by atoms with Crippen molar-refractivity contribution in [2.45, 2.75) is 71.4 Å². The standard InChI is InChI=1S/C22H33N3O/c1-15(2)7-9-20-18-11-17(19-5-4-6-22(26)25(19)20)13-24(14-18)21-10-8-16(3)12-23-21/h8,10,12,15,17-20H,4-7,9,11,13-14H2,1-3H3/t17-,18+,19+,20+/m1/s1. The minimum absolute atomic E-state index is 0.423. The van der Waals surface area contributed by atoms with Gasteiger partial charge in [-0.25, -0.2) is 4.98 Å². The molecule has 4 atom stereocenters. The Balaban J connectivity index is 1.59. The number of aromatic nitrogens is 1. The second-order valence-corrected chi connectivity index (χ2v) is 9.15. The number of carbonyl (C=O) groups excluding carboxylic acids is 1. The molecular formula is C22H33N3O. The van der Waals surface area contributed by atoms with E-state index in [-0.39, 0.29) is 0 Å². The molecule has 3 aliphatic rings. The molecule has 26 heavy (non-hydrogen) atoms. The number of amides is 1. The van der Waals surface area contributed by atoms with Gasteiger partial charge in [0.05, 0.1) is 0 Å². The Morgan fingerprint density at radius 2 is 2.04 bits per heavy atom. The topological polar surface area (TPSA) is 36.4 Å². The molecule has 0 saturated carbocycles. The van der Waals surface area contributed by atoms with Crippen LogP contribution in [0.5, 0.6) is 0 Å². The maximum absolute atomic E-state index is 12.8. The zero-order valence-electron chi connectivity index (χ0n) is 16.5. The van der Waals surface area contributed by atoms with Crippen LogP contribution in [-0.2, 0) is 4.79 Å². The summed E-state index contributed by atoms with van der Waals surface area (Å²) in [6.07, 6.45) is 8.66. The Labute approximate surface area is 158 Å². The van der Waals surface area contributed by atoms with E-state index in [0.29, 0.717) is 35.7 Å². The molecular weight excluding hydrogens is 322 g/mol. The molecule has 4 nitrogen and oxygen atoms in total. The van der Waals surface area contributed by atoms with Crippen LogP contribution in [-0.4, -0.2) is 41.0 Å². The summed E-state index contributed by atoms with van der Waals surface area (Å²) in [4.78, 5) is 22.3.